The van der Waals surface area contributed by atoms with E-state index in [1.807, 2.05) is 0 Å². The molecule has 1 saturated carbocycles. The van der Waals surface area contributed by atoms with Crippen LogP contribution in [0.15, 0.2) is 18.2 Å². The molecule has 0 heterocycles. The van der Waals surface area contributed by atoms with Crippen LogP contribution in [0.3, 0.4) is 0 Å². The zero-order chi connectivity index (χ0) is 15.8. The second kappa shape index (κ2) is 5.12. The summed E-state index contributed by atoms with van der Waals surface area (Å²) in [7, 11) is 0. The Labute approximate surface area is 119 Å². The monoisotopic (exact) mass is 294 g/mol. The lowest BCUT2D eigenvalue weighted by molar-refractivity contribution is -0.394. The third-order valence-electron chi connectivity index (χ3n) is 4.00. The van der Waals surface area contributed by atoms with Crippen molar-refractivity contribution in [2.75, 3.05) is 0 Å². The largest absolute Gasteiger partial charge is 0.481 e. The fraction of sp³-hybridized carbons (Fsp3) is 0.462. The lowest BCUT2D eigenvalue weighted by atomic mass is 9.78. The Morgan fingerprint density at radius 2 is 1.95 bits per heavy atom. The minimum absolute atomic E-state index is 0.00945. The number of nitro groups is 2. The van der Waals surface area contributed by atoms with Gasteiger partial charge in [-0.25, -0.2) is 0 Å². The van der Waals surface area contributed by atoms with Gasteiger partial charge in [0.15, 0.2) is 0 Å². The van der Waals surface area contributed by atoms with Crippen LogP contribution in [-0.2, 0) is 11.2 Å². The average molecular weight is 294 g/mol. The lowest BCUT2D eigenvalue weighted by Crippen LogP contribution is -2.32. The highest BCUT2D eigenvalue weighted by Crippen LogP contribution is 2.48. The Balaban J connectivity index is 2.41. The summed E-state index contributed by atoms with van der Waals surface area (Å²) >= 11 is 0. The van der Waals surface area contributed by atoms with E-state index in [-0.39, 0.29) is 23.6 Å². The fourth-order valence-corrected chi connectivity index (χ4v) is 2.50. The first-order chi connectivity index (χ1) is 9.75. The van der Waals surface area contributed by atoms with E-state index in [2.05, 4.69) is 0 Å². The zero-order valence-electron chi connectivity index (χ0n) is 11.3. The number of carboxylic acid groups (broad SMARTS) is 1. The molecule has 1 atom stereocenters. The summed E-state index contributed by atoms with van der Waals surface area (Å²) in [6.07, 6.45) is 1.55. The van der Waals surface area contributed by atoms with Gasteiger partial charge in [-0.3, -0.25) is 25.0 Å². The van der Waals surface area contributed by atoms with E-state index in [9.17, 15) is 30.1 Å². The van der Waals surface area contributed by atoms with Gasteiger partial charge in [0.1, 0.15) is 0 Å². The number of hydrogen-bond acceptors (Lipinski definition) is 5. The maximum atomic E-state index is 11.5. The Kier molecular flexibility index (Phi) is 3.63. The summed E-state index contributed by atoms with van der Waals surface area (Å²) in [5.41, 5.74) is -1.66. The molecular formula is C13H14N2O6. The van der Waals surface area contributed by atoms with E-state index in [0.29, 0.717) is 0 Å². The molecule has 0 spiro atoms. The van der Waals surface area contributed by atoms with E-state index >= 15 is 0 Å². The quantitative estimate of drug-likeness (QED) is 0.635. The number of hydrogen-bond donors (Lipinski definition) is 1. The van der Waals surface area contributed by atoms with Crippen molar-refractivity contribution in [3.63, 3.8) is 0 Å². The number of carbonyl (C=O) groups is 1. The minimum atomic E-state index is -1.08. The molecule has 0 bridgehead atoms. The van der Waals surface area contributed by atoms with E-state index < -0.39 is 26.9 Å². The first-order valence-corrected chi connectivity index (χ1v) is 6.41. The highest BCUT2D eigenvalue weighted by Gasteiger charge is 2.48. The second-order valence-electron chi connectivity index (χ2n) is 5.50. The van der Waals surface area contributed by atoms with E-state index in [0.717, 1.165) is 25.0 Å². The zero-order valence-corrected chi connectivity index (χ0v) is 11.3. The average Bonchev–Trinajstić information content (AvgIpc) is 3.22. The van der Waals surface area contributed by atoms with Crippen molar-refractivity contribution in [3.8, 4) is 0 Å². The summed E-state index contributed by atoms with van der Waals surface area (Å²) in [5, 5.41) is 31.2. The molecule has 1 aromatic carbocycles. The summed E-state index contributed by atoms with van der Waals surface area (Å²) in [6, 6.07) is 3.32. The van der Waals surface area contributed by atoms with Gasteiger partial charge in [0, 0.05) is 11.6 Å². The number of nitrogens with zero attached hydrogens (tertiary/aromatic N) is 2. The maximum absolute atomic E-state index is 11.5. The SMILES string of the molecule is CC(Cc1ccc([N+](=O)[O-])cc1[N+](=O)[O-])(C(=O)O)C1CC1. The molecule has 1 unspecified atom stereocenters. The molecule has 8 nitrogen and oxygen atoms in total. The van der Waals surface area contributed by atoms with Gasteiger partial charge in [-0.1, -0.05) is 0 Å². The van der Waals surface area contributed by atoms with Crippen molar-refractivity contribution in [3.05, 3.63) is 44.0 Å². The molecule has 8 heteroatoms. The first-order valence-electron chi connectivity index (χ1n) is 6.41. The van der Waals surface area contributed by atoms with Gasteiger partial charge in [0.25, 0.3) is 11.4 Å². The second-order valence-corrected chi connectivity index (χ2v) is 5.50. The molecule has 1 aromatic rings. The van der Waals surface area contributed by atoms with Crippen molar-refractivity contribution >= 4 is 17.3 Å². The van der Waals surface area contributed by atoms with Crippen molar-refractivity contribution < 1.29 is 19.7 Å². The fourth-order valence-electron chi connectivity index (χ4n) is 2.50. The van der Waals surface area contributed by atoms with Gasteiger partial charge in [-0.15, -0.1) is 0 Å². The molecule has 21 heavy (non-hydrogen) atoms. The molecule has 0 saturated heterocycles. The Morgan fingerprint density at radius 1 is 1.33 bits per heavy atom. The maximum Gasteiger partial charge on any atom is 0.309 e. The normalized spacial score (nSPS) is 17.0. The number of rotatable bonds is 6. The van der Waals surface area contributed by atoms with Crippen LogP contribution in [0.1, 0.15) is 25.3 Å². The summed E-state index contributed by atoms with van der Waals surface area (Å²) in [4.78, 5) is 31.8. The summed E-state index contributed by atoms with van der Waals surface area (Å²) in [6.45, 7) is 1.57. The molecule has 1 N–H and O–H groups in total. The topological polar surface area (TPSA) is 124 Å². The Hall–Kier alpha value is -2.51. The molecule has 1 aliphatic carbocycles. The van der Waals surface area contributed by atoms with Crippen LogP contribution in [0.2, 0.25) is 0 Å². The number of non-ortho nitro benzene ring substituents is 1. The number of carboxylic acids is 1. The van der Waals surface area contributed by atoms with E-state index in [1.165, 1.54) is 6.07 Å². The molecule has 1 aliphatic rings. The Morgan fingerprint density at radius 3 is 2.38 bits per heavy atom. The van der Waals surface area contributed by atoms with Crippen LogP contribution in [0.4, 0.5) is 11.4 Å². The standard InChI is InChI=1S/C13H14N2O6/c1-13(12(16)17,9-3-4-9)7-8-2-5-10(14(18)19)6-11(8)15(20)21/h2,5-6,9H,3-4,7H2,1H3,(H,16,17). The van der Waals surface area contributed by atoms with E-state index in [4.69, 9.17) is 0 Å². The van der Waals surface area contributed by atoms with Gasteiger partial charge in [-0.05, 0) is 38.2 Å². The van der Waals surface area contributed by atoms with Crippen LogP contribution in [-0.4, -0.2) is 20.9 Å². The predicted octanol–water partition coefficient (Wildman–Crippen LogP) is 2.55. The molecule has 0 radical (unpaired) electrons. The van der Waals surface area contributed by atoms with Crippen molar-refractivity contribution in [2.24, 2.45) is 11.3 Å². The van der Waals surface area contributed by atoms with Crippen LogP contribution in [0.5, 0.6) is 0 Å². The molecular weight excluding hydrogens is 280 g/mol. The predicted molar refractivity (Wildman–Crippen MR) is 71.9 cm³/mol. The van der Waals surface area contributed by atoms with Gasteiger partial charge in [0.2, 0.25) is 0 Å². The van der Waals surface area contributed by atoms with Gasteiger partial charge in [0.05, 0.1) is 21.3 Å². The van der Waals surface area contributed by atoms with E-state index in [1.54, 1.807) is 6.92 Å². The molecule has 0 aromatic heterocycles. The van der Waals surface area contributed by atoms with Crippen LogP contribution < -0.4 is 0 Å². The van der Waals surface area contributed by atoms with Crippen molar-refractivity contribution in [1.29, 1.82) is 0 Å². The smallest absolute Gasteiger partial charge is 0.309 e. The van der Waals surface area contributed by atoms with Gasteiger partial charge in [-0.2, -0.15) is 0 Å². The molecule has 2 rings (SSSR count). The summed E-state index contributed by atoms with van der Waals surface area (Å²) < 4.78 is 0. The van der Waals surface area contributed by atoms with Crippen LogP contribution in [0.25, 0.3) is 0 Å². The van der Waals surface area contributed by atoms with Crippen LogP contribution >= 0.6 is 0 Å². The number of benzene rings is 1. The number of nitro benzene ring substituents is 2. The number of aliphatic carboxylic acids is 1. The molecule has 1 fully saturated rings. The van der Waals surface area contributed by atoms with Gasteiger partial charge >= 0.3 is 5.97 Å². The Bertz CT molecular complexity index is 625. The molecule has 0 aliphatic heterocycles. The van der Waals surface area contributed by atoms with Gasteiger partial charge < -0.3 is 5.11 Å². The minimum Gasteiger partial charge on any atom is -0.481 e. The third kappa shape index (κ3) is 2.83. The third-order valence-corrected chi connectivity index (χ3v) is 4.00. The summed E-state index contributed by atoms with van der Waals surface area (Å²) in [5.74, 6) is -1.01. The first kappa shape index (κ1) is 14.9. The molecule has 0 amide bonds. The van der Waals surface area contributed by atoms with Crippen molar-refractivity contribution in [1.82, 2.24) is 0 Å². The highest BCUT2D eigenvalue weighted by molar-refractivity contribution is 5.76. The van der Waals surface area contributed by atoms with Crippen LogP contribution in [0, 0.1) is 31.6 Å². The van der Waals surface area contributed by atoms with Crippen molar-refractivity contribution in [2.45, 2.75) is 26.2 Å². The highest BCUT2D eigenvalue weighted by atomic mass is 16.6. The lowest BCUT2D eigenvalue weighted by Gasteiger charge is -2.24. The molecule has 112 valence electrons.